The second-order valence-corrected chi connectivity index (χ2v) is 4.49. The topological polar surface area (TPSA) is 23.8 Å². The Morgan fingerprint density at radius 1 is 1.46 bits per heavy atom. The molecule has 0 saturated carbocycles. The van der Waals surface area contributed by atoms with Gasteiger partial charge in [0.25, 0.3) is 0 Å². The number of nitriles is 1. The van der Waals surface area contributed by atoms with E-state index in [2.05, 4.69) is 25.1 Å². The Bertz CT molecular complexity index is 353. The van der Waals surface area contributed by atoms with Gasteiger partial charge in [-0.25, -0.2) is 0 Å². The summed E-state index contributed by atoms with van der Waals surface area (Å²) in [6.45, 7) is 2.15. The van der Waals surface area contributed by atoms with Crippen LogP contribution in [0.4, 0.5) is 0 Å². The third-order valence-corrected chi connectivity index (χ3v) is 3.84. The van der Waals surface area contributed by atoms with Crippen molar-refractivity contribution in [1.29, 1.82) is 5.26 Å². The van der Waals surface area contributed by atoms with Gasteiger partial charge in [0.2, 0.25) is 0 Å². The standard InChI is InChI=1S/C11H11NS/c1-8-7-13-11-5-3-2-4-9(11)10(8)6-12/h2-5,8,10H,7H2,1H3. The summed E-state index contributed by atoms with van der Waals surface area (Å²) in [6, 6.07) is 10.6. The van der Waals surface area contributed by atoms with Gasteiger partial charge < -0.3 is 0 Å². The third-order valence-electron chi connectivity index (χ3n) is 2.46. The average Bonchev–Trinajstić information content (AvgIpc) is 2.18. The molecule has 1 aromatic rings. The Labute approximate surface area is 82.8 Å². The first kappa shape index (κ1) is 8.65. The Morgan fingerprint density at radius 3 is 3.00 bits per heavy atom. The Balaban J connectivity index is 2.46. The summed E-state index contributed by atoms with van der Waals surface area (Å²) < 4.78 is 0. The molecule has 2 rings (SSSR count). The maximum absolute atomic E-state index is 9.05. The number of hydrogen-bond acceptors (Lipinski definition) is 2. The third kappa shape index (κ3) is 1.45. The molecular weight excluding hydrogens is 178 g/mol. The molecule has 0 N–H and O–H groups in total. The number of nitrogens with zero attached hydrogens (tertiary/aromatic N) is 1. The largest absolute Gasteiger partial charge is 0.198 e. The number of hydrogen-bond donors (Lipinski definition) is 0. The summed E-state index contributed by atoms with van der Waals surface area (Å²) in [5.74, 6) is 1.64. The van der Waals surface area contributed by atoms with Gasteiger partial charge in [0, 0.05) is 10.6 Å². The van der Waals surface area contributed by atoms with E-state index in [1.165, 1.54) is 10.5 Å². The van der Waals surface area contributed by atoms with Crippen molar-refractivity contribution in [2.24, 2.45) is 5.92 Å². The van der Waals surface area contributed by atoms with Crippen LogP contribution < -0.4 is 0 Å². The molecule has 0 aliphatic carbocycles. The van der Waals surface area contributed by atoms with Crippen LogP contribution in [0.2, 0.25) is 0 Å². The molecule has 2 unspecified atom stereocenters. The van der Waals surface area contributed by atoms with Crippen molar-refractivity contribution < 1.29 is 0 Å². The molecule has 2 atom stereocenters. The zero-order valence-electron chi connectivity index (χ0n) is 7.53. The zero-order valence-corrected chi connectivity index (χ0v) is 8.34. The number of benzene rings is 1. The second kappa shape index (κ2) is 3.43. The predicted octanol–water partition coefficient (Wildman–Crippen LogP) is 3.04. The van der Waals surface area contributed by atoms with Crippen molar-refractivity contribution in [2.45, 2.75) is 17.7 Å². The highest BCUT2D eigenvalue weighted by Crippen LogP contribution is 2.40. The lowest BCUT2D eigenvalue weighted by Crippen LogP contribution is -2.15. The minimum absolute atomic E-state index is 0.0949. The van der Waals surface area contributed by atoms with Crippen molar-refractivity contribution in [3.05, 3.63) is 29.8 Å². The quantitative estimate of drug-likeness (QED) is 0.626. The van der Waals surface area contributed by atoms with Crippen LogP contribution in [-0.2, 0) is 0 Å². The molecule has 1 nitrogen and oxygen atoms in total. The molecule has 0 fully saturated rings. The molecule has 1 heterocycles. The van der Waals surface area contributed by atoms with Gasteiger partial charge in [0.15, 0.2) is 0 Å². The normalized spacial score (nSPS) is 26.2. The van der Waals surface area contributed by atoms with Crippen molar-refractivity contribution in [2.75, 3.05) is 5.75 Å². The fourth-order valence-electron chi connectivity index (χ4n) is 1.69. The summed E-state index contributed by atoms with van der Waals surface area (Å²) in [5.41, 5.74) is 1.22. The van der Waals surface area contributed by atoms with Gasteiger partial charge in [-0.05, 0) is 17.5 Å². The average molecular weight is 189 g/mol. The van der Waals surface area contributed by atoms with E-state index < -0.39 is 0 Å². The van der Waals surface area contributed by atoms with Crippen LogP contribution in [0.5, 0.6) is 0 Å². The summed E-state index contributed by atoms with van der Waals surface area (Å²) in [6.07, 6.45) is 0. The number of rotatable bonds is 0. The highest BCUT2D eigenvalue weighted by atomic mass is 32.2. The molecule has 0 spiro atoms. The summed E-state index contributed by atoms with van der Waals surface area (Å²) in [4.78, 5) is 1.28. The molecule has 0 saturated heterocycles. The maximum Gasteiger partial charge on any atom is 0.0757 e. The van der Waals surface area contributed by atoms with Gasteiger partial charge >= 0.3 is 0 Å². The van der Waals surface area contributed by atoms with E-state index in [-0.39, 0.29) is 5.92 Å². The van der Waals surface area contributed by atoms with Crippen LogP contribution in [0, 0.1) is 17.2 Å². The lowest BCUT2D eigenvalue weighted by molar-refractivity contribution is 0.580. The Hall–Kier alpha value is -0.940. The van der Waals surface area contributed by atoms with Crippen LogP contribution >= 0.6 is 11.8 Å². The van der Waals surface area contributed by atoms with E-state index in [9.17, 15) is 0 Å². The molecule has 1 aromatic carbocycles. The number of thioether (sulfide) groups is 1. The highest BCUT2D eigenvalue weighted by molar-refractivity contribution is 7.99. The minimum atomic E-state index is 0.0949. The van der Waals surface area contributed by atoms with Crippen molar-refractivity contribution in [1.82, 2.24) is 0 Å². The molecule has 0 bridgehead atoms. The van der Waals surface area contributed by atoms with Crippen LogP contribution in [0.15, 0.2) is 29.2 Å². The summed E-state index contributed by atoms with van der Waals surface area (Å²) in [5, 5.41) is 9.05. The fraction of sp³-hybridized carbons (Fsp3) is 0.364. The van der Waals surface area contributed by atoms with E-state index in [0.717, 1.165) is 5.75 Å². The van der Waals surface area contributed by atoms with Gasteiger partial charge in [-0.15, -0.1) is 11.8 Å². The molecular formula is C11H11NS. The smallest absolute Gasteiger partial charge is 0.0757 e. The summed E-state index contributed by atoms with van der Waals surface area (Å²) >= 11 is 1.86. The predicted molar refractivity (Wildman–Crippen MR) is 54.7 cm³/mol. The zero-order chi connectivity index (χ0) is 9.26. The van der Waals surface area contributed by atoms with Crippen LogP contribution in [0.3, 0.4) is 0 Å². The lowest BCUT2D eigenvalue weighted by atomic mass is 9.89. The Kier molecular flexibility index (Phi) is 2.28. The highest BCUT2D eigenvalue weighted by Gasteiger charge is 2.26. The first-order valence-corrected chi connectivity index (χ1v) is 5.43. The summed E-state index contributed by atoms with van der Waals surface area (Å²) in [7, 11) is 0. The maximum atomic E-state index is 9.05. The second-order valence-electron chi connectivity index (χ2n) is 3.43. The van der Waals surface area contributed by atoms with Gasteiger partial charge in [-0.1, -0.05) is 25.1 Å². The molecule has 13 heavy (non-hydrogen) atoms. The first-order chi connectivity index (χ1) is 6.33. The molecule has 0 aromatic heterocycles. The van der Waals surface area contributed by atoms with Crippen LogP contribution in [-0.4, -0.2) is 5.75 Å². The molecule has 1 aliphatic heterocycles. The molecule has 0 radical (unpaired) electrons. The monoisotopic (exact) mass is 189 g/mol. The van der Waals surface area contributed by atoms with Gasteiger partial charge in [-0.2, -0.15) is 5.26 Å². The Morgan fingerprint density at radius 2 is 2.23 bits per heavy atom. The molecule has 66 valence electrons. The minimum Gasteiger partial charge on any atom is -0.198 e. The van der Waals surface area contributed by atoms with Crippen LogP contribution in [0.25, 0.3) is 0 Å². The van der Waals surface area contributed by atoms with Gasteiger partial charge in [0.05, 0.1) is 12.0 Å². The van der Waals surface area contributed by atoms with Crippen LogP contribution in [0.1, 0.15) is 18.4 Å². The van der Waals surface area contributed by atoms with E-state index in [0.29, 0.717) is 5.92 Å². The molecule has 1 aliphatic rings. The van der Waals surface area contributed by atoms with Crippen molar-refractivity contribution >= 4 is 11.8 Å². The fourth-order valence-corrected chi connectivity index (χ4v) is 2.86. The van der Waals surface area contributed by atoms with Gasteiger partial charge in [0.1, 0.15) is 0 Å². The molecule has 0 amide bonds. The SMILES string of the molecule is CC1CSc2ccccc2C1C#N. The van der Waals surface area contributed by atoms with E-state index in [1.807, 2.05) is 23.9 Å². The molecule has 2 heteroatoms. The van der Waals surface area contributed by atoms with E-state index in [4.69, 9.17) is 5.26 Å². The van der Waals surface area contributed by atoms with Crippen molar-refractivity contribution in [3.63, 3.8) is 0 Å². The lowest BCUT2D eigenvalue weighted by Gasteiger charge is -2.25. The van der Waals surface area contributed by atoms with E-state index in [1.54, 1.807) is 0 Å². The van der Waals surface area contributed by atoms with Crippen molar-refractivity contribution in [3.8, 4) is 6.07 Å². The first-order valence-electron chi connectivity index (χ1n) is 4.44. The van der Waals surface area contributed by atoms with Gasteiger partial charge in [-0.3, -0.25) is 0 Å². The number of fused-ring (bicyclic) bond motifs is 1. The van der Waals surface area contributed by atoms with E-state index >= 15 is 0 Å².